The summed E-state index contributed by atoms with van der Waals surface area (Å²) in [6.07, 6.45) is -7.23. The molecule has 1 saturated heterocycles. The topological polar surface area (TPSA) is 49.4 Å². The van der Waals surface area contributed by atoms with Gasteiger partial charge in [-0.2, -0.15) is 26.3 Å². The Hall–Kier alpha value is -2.23. The van der Waals surface area contributed by atoms with Crippen LogP contribution >= 0.6 is 11.6 Å². The van der Waals surface area contributed by atoms with Crippen LogP contribution in [0.15, 0.2) is 24.3 Å². The molecule has 1 fully saturated rings. The lowest BCUT2D eigenvalue weighted by atomic mass is 10.1. The first-order valence-corrected chi connectivity index (χ1v) is 7.95. The monoisotopic (exact) mass is 414 g/mol. The number of hydrogen-bond acceptors (Lipinski definition) is 2. The molecule has 1 unspecified atom stereocenters. The van der Waals surface area contributed by atoms with Crippen molar-refractivity contribution >= 4 is 29.5 Å². The Morgan fingerprint density at radius 1 is 1.26 bits per heavy atom. The number of amides is 2. The normalized spacial score (nSPS) is 18.4. The molecule has 0 aliphatic carbocycles. The van der Waals surface area contributed by atoms with Gasteiger partial charge in [0.2, 0.25) is 11.8 Å². The molecule has 0 saturated carbocycles. The van der Waals surface area contributed by atoms with Gasteiger partial charge in [0.15, 0.2) is 0 Å². The van der Waals surface area contributed by atoms with Crippen molar-refractivity contribution in [1.29, 1.82) is 0 Å². The molecule has 0 aromatic heterocycles. The standard InChI is InChI=1S/C16H13ClF6N2O2/c17-11-3-1-9(7-10(11)16(21,22)23)2-4-13(26)24-12-5-6-25(14(12)27)8-15(18,19)20/h1-4,7,12H,5-6,8H2,(H,24,26). The summed E-state index contributed by atoms with van der Waals surface area (Å²) in [7, 11) is 0. The van der Waals surface area contributed by atoms with E-state index in [1.54, 1.807) is 0 Å². The van der Waals surface area contributed by atoms with Gasteiger partial charge < -0.3 is 10.2 Å². The van der Waals surface area contributed by atoms with Gasteiger partial charge in [-0.25, -0.2) is 0 Å². The van der Waals surface area contributed by atoms with Crippen molar-refractivity contribution in [2.24, 2.45) is 0 Å². The van der Waals surface area contributed by atoms with Crippen LogP contribution in [-0.2, 0) is 15.8 Å². The van der Waals surface area contributed by atoms with Crippen LogP contribution in [0.3, 0.4) is 0 Å². The second-order valence-electron chi connectivity index (χ2n) is 5.80. The van der Waals surface area contributed by atoms with Gasteiger partial charge in [-0.1, -0.05) is 17.7 Å². The maximum atomic E-state index is 12.8. The van der Waals surface area contributed by atoms with Gasteiger partial charge in [0, 0.05) is 12.6 Å². The van der Waals surface area contributed by atoms with E-state index in [2.05, 4.69) is 5.32 Å². The summed E-state index contributed by atoms with van der Waals surface area (Å²) in [6.45, 7) is -1.56. The number of likely N-dealkylation sites (tertiary alicyclic amines) is 1. The van der Waals surface area contributed by atoms with E-state index in [-0.39, 0.29) is 18.5 Å². The van der Waals surface area contributed by atoms with Gasteiger partial charge in [0.25, 0.3) is 0 Å². The number of halogens is 7. The van der Waals surface area contributed by atoms with Crippen LogP contribution in [0.1, 0.15) is 17.5 Å². The van der Waals surface area contributed by atoms with Gasteiger partial charge in [-0.15, -0.1) is 0 Å². The van der Waals surface area contributed by atoms with E-state index in [1.165, 1.54) is 6.07 Å². The van der Waals surface area contributed by atoms with Crippen LogP contribution in [0.2, 0.25) is 5.02 Å². The molecule has 1 N–H and O–H groups in total. The lowest BCUT2D eigenvalue weighted by Gasteiger charge is -2.18. The predicted molar refractivity (Wildman–Crippen MR) is 84.7 cm³/mol. The summed E-state index contributed by atoms with van der Waals surface area (Å²) in [4.78, 5) is 24.2. The molecule has 1 aliphatic rings. The zero-order valence-electron chi connectivity index (χ0n) is 13.5. The van der Waals surface area contributed by atoms with Crippen LogP contribution in [0.4, 0.5) is 26.3 Å². The highest BCUT2D eigenvalue weighted by Crippen LogP contribution is 2.35. The second-order valence-corrected chi connectivity index (χ2v) is 6.20. The Balaban J connectivity index is 1.99. The molecule has 4 nitrogen and oxygen atoms in total. The average Bonchev–Trinajstić information content (AvgIpc) is 2.84. The van der Waals surface area contributed by atoms with Crippen molar-refractivity contribution in [2.75, 3.05) is 13.1 Å². The highest BCUT2D eigenvalue weighted by molar-refractivity contribution is 6.31. The predicted octanol–water partition coefficient (Wildman–Crippen LogP) is 3.65. The number of rotatable bonds is 4. The fourth-order valence-corrected chi connectivity index (χ4v) is 2.73. The molecule has 1 aliphatic heterocycles. The van der Waals surface area contributed by atoms with E-state index in [0.717, 1.165) is 24.3 Å². The first-order chi connectivity index (χ1) is 12.4. The molecule has 2 rings (SSSR count). The van der Waals surface area contributed by atoms with Gasteiger partial charge in [-0.05, 0) is 30.2 Å². The molecule has 1 aromatic rings. The van der Waals surface area contributed by atoms with E-state index in [4.69, 9.17) is 11.6 Å². The minimum absolute atomic E-state index is 0.00760. The first kappa shape index (κ1) is 21.1. The van der Waals surface area contributed by atoms with Crippen molar-refractivity contribution in [3.63, 3.8) is 0 Å². The SMILES string of the molecule is O=C(C=Cc1ccc(Cl)c(C(F)(F)F)c1)NC1CCN(CC(F)(F)F)C1=O. The van der Waals surface area contributed by atoms with E-state index in [1.807, 2.05) is 0 Å². The van der Waals surface area contributed by atoms with Crippen molar-refractivity contribution in [3.05, 3.63) is 40.4 Å². The van der Waals surface area contributed by atoms with Crippen molar-refractivity contribution in [2.45, 2.75) is 24.8 Å². The number of carbonyl (C=O) groups is 2. The molecule has 0 spiro atoms. The largest absolute Gasteiger partial charge is 0.417 e. The molecule has 1 aromatic carbocycles. The zero-order valence-corrected chi connectivity index (χ0v) is 14.3. The lowest BCUT2D eigenvalue weighted by molar-refractivity contribution is -0.158. The summed E-state index contributed by atoms with van der Waals surface area (Å²) < 4.78 is 75.4. The van der Waals surface area contributed by atoms with Crippen molar-refractivity contribution < 1.29 is 35.9 Å². The van der Waals surface area contributed by atoms with Crippen LogP contribution in [0.25, 0.3) is 6.08 Å². The second kappa shape index (κ2) is 7.79. The number of carbonyl (C=O) groups excluding carboxylic acids is 2. The molecule has 148 valence electrons. The molecule has 1 atom stereocenters. The third kappa shape index (κ3) is 5.88. The summed E-state index contributed by atoms with van der Waals surface area (Å²) in [5, 5.41) is 1.74. The Labute approximate surface area is 154 Å². The van der Waals surface area contributed by atoms with Gasteiger partial charge >= 0.3 is 12.4 Å². The highest BCUT2D eigenvalue weighted by Gasteiger charge is 2.39. The van der Waals surface area contributed by atoms with Crippen LogP contribution in [0.5, 0.6) is 0 Å². The highest BCUT2D eigenvalue weighted by atomic mass is 35.5. The minimum atomic E-state index is -4.67. The van der Waals surface area contributed by atoms with Crippen molar-refractivity contribution in [1.82, 2.24) is 10.2 Å². The molecular formula is C16H13ClF6N2O2. The summed E-state index contributed by atoms with van der Waals surface area (Å²) in [5.74, 6) is -1.68. The number of hydrogen-bond donors (Lipinski definition) is 1. The number of benzene rings is 1. The Bertz CT molecular complexity index is 760. The maximum Gasteiger partial charge on any atom is 0.417 e. The zero-order chi connectivity index (χ0) is 20.4. The average molecular weight is 415 g/mol. The van der Waals surface area contributed by atoms with Gasteiger partial charge in [0.05, 0.1) is 10.6 Å². The van der Waals surface area contributed by atoms with E-state index < -0.39 is 47.3 Å². The Kier molecular flexibility index (Phi) is 6.08. The molecule has 27 heavy (non-hydrogen) atoms. The van der Waals surface area contributed by atoms with Crippen LogP contribution in [-0.4, -0.2) is 42.0 Å². The van der Waals surface area contributed by atoms with Crippen LogP contribution in [0, 0.1) is 0 Å². The number of nitrogens with zero attached hydrogens (tertiary/aromatic N) is 1. The smallest absolute Gasteiger partial charge is 0.341 e. The number of alkyl halides is 6. The lowest BCUT2D eigenvalue weighted by Crippen LogP contribution is -2.43. The molecular weight excluding hydrogens is 402 g/mol. The quantitative estimate of drug-likeness (QED) is 0.604. The first-order valence-electron chi connectivity index (χ1n) is 7.58. The summed E-state index contributed by atoms with van der Waals surface area (Å²) >= 11 is 5.49. The van der Waals surface area contributed by atoms with E-state index >= 15 is 0 Å². The molecule has 11 heteroatoms. The number of nitrogens with one attached hydrogen (secondary N) is 1. The van der Waals surface area contributed by atoms with Crippen molar-refractivity contribution in [3.8, 4) is 0 Å². The van der Waals surface area contributed by atoms with E-state index in [9.17, 15) is 35.9 Å². The fourth-order valence-electron chi connectivity index (χ4n) is 2.50. The van der Waals surface area contributed by atoms with Crippen LogP contribution < -0.4 is 5.32 Å². The third-order valence-corrected chi connectivity index (χ3v) is 4.04. The molecule has 2 amide bonds. The van der Waals surface area contributed by atoms with Gasteiger partial charge in [0.1, 0.15) is 12.6 Å². The molecule has 0 radical (unpaired) electrons. The van der Waals surface area contributed by atoms with E-state index in [0.29, 0.717) is 4.90 Å². The summed E-state index contributed by atoms with van der Waals surface area (Å²) in [6, 6.07) is 1.92. The molecule has 1 heterocycles. The molecule has 0 bridgehead atoms. The van der Waals surface area contributed by atoms with Gasteiger partial charge in [-0.3, -0.25) is 9.59 Å². The Morgan fingerprint density at radius 2 is 1.93 bits per heavy atom. The Morgan fingerprint density at radius 3 is 2.52 bits per heavy atom. The minimum Gasteiger partial charge on any atom is -0.341 e. The fraction of sp³-hybridized carbons (Fsp3) is 0.375. The summed E-state index contributed by atoms with van der Waals surface area (Å²) in [5.41, 5.74) is -1.03. The third-order valence-electron chi connectivity index (χ3n) is 3.71. The maximum absolute atomic E-state index is 12.8.